The van der Waals surface area contributed by atoms with Crippen LogP contribution in [0.25, 0.3) is 10.9 Å². The third-order valence-electron chi connectivity index (χ3n) is 4.88. The van der Waals surface area contributed by atoms with E-state index >= 15 is 0 Å². The predicted molar refractivity (Wildman–Crippen MR) is 108 cm³/mol. The fourth-order valence-electron chi connectivity index (χ4n) is 3.21. The van der Waals surface area contributed by atoms with Gasteiger partial charge in [-0.1, -0.05) is 17.7 Å². The van der Waals surface area contributed by atoms with E-state index in [0.717, 1.165) is 43.1 Å². The van der Waals surface area contributed by atoms with Gasteiger partial charge < -0.3 is 15.1 Å². The van der Waals surface area contributed by atoms with Crippen molar-refractivity contribution in [3.63, 3.8) is 0 Å². The third kappa shape index (κ3) is 4.00. The number of nitrogens with one attached hydrogen (secondary N) is 1. The van der Waals surface area contributed by atoms with Crippen molar-refractivity contribution in [2.45, 2.75) is 6.54 Å². The molecule has 0 unspecified atom stereocenters. The van der Waals surface area contributed by atoms with Crippen molar-refractivity contribution in [3.8, 4) is 0 Å². The predicted octanol–water partition coefficient (Wildman–Crippen LogP) is 3.93. The Morgan fingerprint density at radius 3 is 2.54 bits per heavy atom. The summed E-state index contributed by atoms with van der Waals surface area (Å²) in [7, 11) is 2.09. The molecule has 0 saturated carbocycles. The van der Waals surface area contributed by atoms with Gasteiger partial charge in [0.15, 0.2) is 11.6 Å². The molecular weight excluding hydrogens is 384 g/mol. The minimum atomic E-state index is -0.868. The Bertz CT molecular complexity index is 1010. The smallest absolute Gasteiger partial charge is 0.227 e. The van der Waals surface area contributed by atoms with Crippen LogP contribution in [-0.2, 0) is 6.54 Å². The van der Waals surface area contributed by atoms with Crippen molar-refractivity contribution in [1.82, 2.24) is 14.9 Å². The van der Waals surface area contributed by atoms with Crippen molar-refractivity contribution in [1.29, 1.82) is 0 Å². The van der Waals surface area contributed by atoms with Crippen LogP contribution < -0.4 is 10.2 Å². The molecule has 28 heavy (non-hydrogen) atoms. The van der Waals surface area contributed by atoms with E-state index in [-0.39, 0.29) is 0 Å². The van der Waals surface area contributed by atoms with E-state index in [1.165, 1.54) is 6.07 Å². The molecule has 0 amide bonds. The molecule has 1 aromatic heterocycles. The summed E-state index contributed by atoms with van der Waals surface area (Å²) in [5.41, 5.74) is 1.40. The summed E-state index contributed by atoms with van der Waals surface area (Å²) in [5, 5.41) is 4.60. The van der Waals surface area contributed by atoms with Crippen molar-refractivity contribution in [2.24, 2.45) is 0 Å². The van der Waals surface area contributed by atoms with Crippen LogP contribution >= 0.6 is 11.6 Å². The van der Waals surface area contributed by atoms with Gasteiger partial charge in [-0.25, -0.2) is 13.8 Å². The van der Waals surface area contributed by atoms with E-state index in [4.69, 9.17) is 21.6 Å². The number of aromatic nitrogens is 2. The Morgan fingerprint density at radius 1 is 1.00 bits per heavy atom. The number of fused-ring (bicyclic) bond motifs is 1. The van der Waals surface area contributed by atoms with Crippen LogP contribution in [0.5, 0.6) is 0 Å². The standard InChI is InChI=1S/C20H20ClF2N5/c1-27-6-8-28(9-7-27)20-25-18-5-3-14(21)11-15(18)19(26-20)24-12-13-2-4-16(22)17(23)10-13/h2-5,10-11H,6-9,12H2,1H3,(H,24,25,26). The topological polar surface area (TPSA) is 44.3 Å². The summed E-state index contributed by atoms with van der Waals surface area (Å²) in [6.07, 6.45) is 0. The molecule has 1 N–H and O–H groups in total. The van der Waals surface area contributed by atoms with Crippen LogP contribution in [-0.4, -0.2) is 48.1 Å². The third-order valence-corrected chi connectivity index (χ3v) is 5.11. The Labute approximate surface area is 166 Å². The molecular formula is C20H20ClF2N5. The highest BCUT2D eigenvalue weighted by Crippen LogP contribution is 2.27. The quantitative estimate of drug-likeness (QED) is 0.715. The second-order valence-corrected chi connectivity index (χ2v) is 7.36. The van der Waals surface area contributed by atoms with Gasteiger partial charge in [-0.05, 0) is 42.9 Å². The molecule has 0 bridgehead atoms. The lowest BCUT2D eigenvalue weighted by Gasteiger charge is -2.32. The zero-order valence-corrected chi connectivity index (χ0v) is 16.2. The zero-order chi connectivity index (χ0) is 19.7. The summed E-state index contributed by atoms with van der Waals surface area (Å²) in [5.74, 6) is -0.463. The average Bonchev–Trinajstić information content (AvgIpc) is 2.69. The molecule has 2 aromatic carbocycles. The van der Waals surface area contributed by atoms with Gasteiger partial charge in [0, 0.05) is 43.1 Å². The summed E-state index contributed by atoms with van der Waals surface area (Å²) in [4.78, 5) is 13.8. The maximum Gasteiger partial charge on any atom is 0.227 e. The Balaban J connectivity index is 1.66. The summed E-state index contributed by atoms with van der Waals surface area (Å²) >= 11 is 6.16. The number of hydrogen-bond donors (Lipinski definition) is 1. The Kier molecular flexibility index (Phi) is 5.28. The van der Waals surface area contributed by atoms with Crippen molar-refractivity contribution < 1.29 is 8.78 Å². The molecule has 0 atom stereocenters. The molecule has 1 aliphatic heterocycles. The lowest BCUT2D eigenvalue weighted by molar-refractivity contribution is 0.311. The van der Waals surface area contributed by atoms with E-state index in [2.05, 4.69) is 22.2 Å². The highest BCUT2D eigenvalue weighted by atomic mass is 35.5. The lowest BCUT2D eigenvalue weighted by Crippen LogP contribution is -2.45. The van der Waals surface area contributed by atoms with Gasteiger partial charge in [-0.3, -0.25) is 0 Å². The molecule has 8 heteroatoms. The molecule has 5 nitrogen and oxygen atoms in total. The number of nitrogens with zero attached hydrogens (tertiary/aromatic N) is 4. The second kappa shape index (κ2) is 7.85. The first-order chi connectivity index (χ1) is 13.5. The summed E-state index contributed by atoms with van der Waals surface area (Å²) < 4.78 is 26.7. The summed E-state index contributed by atoms with van der Waals surface area (Å²) in [6.45, 7) is 3.88. The molecule has 1 fully saturated rings. The first-order valence-corrected chi connectivity index (χ1v) is 9.46. The van der Waals surface area contributed by atoms with Gasteiger partial charge in [0.05, 0.1) is 5.52 Å². The molecule has 2 heterocycles. The molecule has 0 radical (unpaired) electrons. The van der Waals surface area contributed by atoms with E-state index in [1.54, 1.807) is 18.2 Å². The van der Waals surface area contributed by atoms with Gasteiger partial charge >= 0.3 is 0 Å². The maximum atomic E-state index is 13.5. The van der Waals surface area contributed by atoms with E-state index in [9.17, 15) is 8.78 Å². The van der Waals surface area contributed by atoms with E-state index in [0.29, 0.717) is 28.9 Å². The SMILES string of the molecule is CN1CCN(c2nc(NCc3ccc(F)c(F)c3)c3cc(Cl)ccc3n2)CC1. The number of anilines is 2. The van der Waals surface area contributed by atoms with Gasteiger partial charge in [0.25, 0.3) is 0 Å². The minimum Gasteiger partial charge on any atom is -0.365 e. The molecule has 1 saturated heterocycles. The highest BCUT2D eigenvalue weighted by Gasteiger charge is 2.18. The van der Waals surface area contributed by atoms with E-state index < -0.39 is 11.6 Å². The van der Waals surface area contributed by atoms with Gasteiger partial charge in [-0.2, -0.15) is 4.98 Å². The highest BCUT2D eigenvalue weighted by molar-refractivity contribution is 6.31. The first kappa shape index (κ1) is 18.8. The average molecular weight is 404 g/mol. The number of likely N-dealkylation sites (N-methyl/N-ethyl adjacent to an activating group) is 1. The lowest BCUT2D eigenvalue weighted by atomic mass is 10.2. The fraction of sp³-hybridized carbons (Fsp3) is 0.300. The van der Waals surface area contributed by atoms with Crippen molar-refractivity contribution in [2.75, 3.05) is 43.4 Å². The van der Waals surface area contributed by atoms with Crippen LogP contribution in [0.3, 0.4) is 0 Å². The minimum absolute atomic E-state index is 0.304. The van der Waals surface area contributed by atoms with Gasteiger partial charge in [0.2, 0.25) is 5.95 Å². The molecule has 0 aliphatic carbocycles. The largest absolute Gasteiger partial charge is 0.365 e. The van der Waals surface area contributed by atoms with E-state index in [1.807, 2.05) is 6.07 Å². The monoisotopic (exact) mass is 403 g/mol. The number of halogens is 3. The van der Waals surface area contributed by atoms with Crippen LogP contribution in [0.15, 0.2) is 36.4 Å². The first-order valence-electron chi connectivity index (χ1n) is 9.08. The Hall–Kier alpha value is -2.51. The number of rotatable bonds is 4. The van der Waals surface area contributed by atoms with Crippen LogP contribution in [0, 0.1) is 11.6 Å². The molecule has 0 spiro atoms. The summed E-state index contributed by atoms with van der Waals surface area (Å²) in [6, 6.07) is 9.31. The normalized spacial score (nSPS) is 15.2. The zero-order valence-electron chi connectivity index (χ0n) is 15.4. The molecule has 4 rings (SSSR count). The van der Waals surface area contributed by atoms with Gasteiger partial charge in [-0.15, -0.1) is 0 Å². The van der Waals surface area contributed by atoms with Crippen LogP contribution in [0.1, 0.15) is 5.56 Å². The van der Waals surface area contributed by atoms with Crippen LogP contribution in [0.4, 0.5) is 20.5 Å². The number of benzene rings is 2. The second-order valence-electron chi connectivity index (χ2n) is 6.93. The fourth-order valence-corrected chi connectivity index (χ4v) is 3.38. The molecule has 1 aliphatic rings. The molecule has 146 valence electrons. The maximum absolute atomic E-state index is 13.5. The van der Waals surface area contributed by atoms with Crippen molar-refractivity contribution in [3.05, 3.63) is 58.6 Å². The van der Waals surface area contributed by atoms with Gasteiger partial charge in [0.1, 0.15) is 5.82 Å². The number of piperazine rings is 1. The van der Waals surface area contributed by atoms with Crippen molar-refractivity contribution >= 4 is 34.3 Å². The Morgan fingerprint density at radius 2 is 1.79 bits per heavy atom. The number of hydrogen-bond acceptors (Lipinski definition) is 5. The van der Waals surface area contributed by atoms with Crippen LogP contribution in [0.2, 0.25) is 5.02 Å². The molecule has 3 aromatic rings.